The Morgan fingerprint density at radius 3 is 1.48 bits per heavy atom. The van der Waals surface area contributed by atoms with Crippen LogP contribution in [-0.2, 0) is 44.9 Å². The van der Waals surface area contributed by atoms with E-state index in [0.717, 1.165) is 27.8 Å². The van der Waals surface area contributed by atoms with Crippen LogP contribution in [0.15, 0.2) is 6.07 Å². The van der Waals surface area contributed by atoms with Crippen molar-refractivity contribution in [3.8, 4) is 0 Å². The second-order valence-corrected chi connectivity index (χ2v) is 6.29. The Bertz CT molecular complexity index is 668. The van der Waals surface area contributed by atoms with Gasteiger partial charge in [0.2, 0.25) is 0 Å². The van der Waals surface area contributed by atoms with Gasteiger partial charge >= 0.3 is 0 Å². The van der Waals surface area contributed by atoms with Crippen molar-refractivity contribution in [2.45, 2.75) is 60.3 Å². The first kappa shape index (κ1) is 18.9. The number of ketones is 4. The van der Waals surface area contributed by atoms with Gasteiger partial charge in [-0.3, -0.25) is 19.2 Å². The molecule has 0 aliphatic rings. The number of Topliss-reactive ketones (excluding diaryl/α,β-unsaturated/α-hetero) is 4. The zero-order valence-electron chi connectivity index (χ0n) is 14.5. The van der Waals surface area contributed by atoms with Crippen molar-refractivity contribution in [2.75, 3.05) is 0 Å². The summed E-state index contributed by atoms with van der Waals surface area (Å²) in [6.07, 6.45) is 0.887. The van der Waals surface area contributed by atoms with Crippen molar-refractivity contribution < 1.29 is 19.2 Å². The second kappa shape index (κ2) is 7.95. The van der Waals surface area contributed by atoms with Crippen molar-refractivity contribution in [2.24, 2.45) is 0 Å². The van der Waals surface area contributed by atoms with E-state index in [1.807, 2.05) is 13.0 Å². The van der Waals surface area contributed by atoms with E-state index in [2.05, 4.69) is 0 Å². The lowest BCUT2D eigenvalue weighted by molar-refractivity contribution is -0.117. The van der Waals surface area contributed by atoms with Gasteiger partial charge in [-0.05, 0) is 62.4 Å². The Balaban J connectivity index is 3.61. The molecule has 0 N–H and O–H groups in total. The summed E-state index contributed by atoms with van der Waals surface area (Å²) in [6.45, 7) is 7.87. The third-order valence-corrected chi connectivity index (χ3v) is 3.76. The van der Waals surface area contributed by atoms with E-state index < -0.39 is 0 Å². The minimum atomic E-state index is -0.0154. The third kappa shape index (κ3) is 5.55. The molecule has 0 amide bonds. The molecule has 4 heteroatoms. The fraction of sp³-hybridized carbons (Fsp3) is 0.474. The van der Waals surface area contributed by atoms with E-state index in [1.54, 1.807) is 0 Å². The molecule has 0 aliphatic heterocycles. The van der Waals surface area contributed by atoms with Crippen LogP contribution in [0, 0.1) is 6.92 Å². The first-order valence-corrected chi connectivity index (χ1v) is 7.72. The molecule has 4 nitrogen and oxygen atoms in total. The lowest BCUT2D eigenvalue weighted by atomic mass is 9.84. The predicted octanol–water partition coefficient (Wildman–Crippen LogP) is 2.52. The fourth-order valence-corrected chi connectivity index (χ4v) is 2.85. The van der Waals surface area contributed by atoms with E-state index in [0.29, 0.717) is 0 Å². The summed E-state index contributed by atoms with van der Waals surface area (Å²) < 4.78 is 0. The number of hydrogen-bond acceptors (Lipinski definition) is 4. The summed E-state index contributed by atoms with van der Waals surface area (Å²) in [5, 5.41) is 0. The third-order valence-electron chi connectivity index (χ3n) is 3.76. The van der Waals surface area contributed by atoms with Crippen LogP contribution in [0.3, 0.4) is 0 Å². The second-order valence-electron chi connectivity index (χ2n) is 6.29. The number of benzene rings is 1. The molecule has 0 atom stereocenters. The van der Waals surface area contributed by atoms with Gasteiger partial charge in [0.1, 0.15) is 23.1 Å². The van der Waals surface area contributed by atoms with E-state index in [-0.39, 0.29) is 48.8 Å². The molecule has 0 fully saturated rings. The topological polar surface area (TPSA) is 68.3 Å². The Labute approximate surface area is 137 Å². The van der Waals surface area contributed by atoms with E-state index >= 15 is 0 Å². The highest BCUT2D eigenvalue weighted by Gasteiger charge is 2.19. The van der Waals surface area contributed by atoms with Crippen LogP contribution in [0.4, 0.5) is 0 Å². The molecule has 1 aromatic carbocycles. The molecular formula is C19H24O4. The van der Waals surface area contributed by atoms with Crippen LogP contribution in [0.25, 0.3) is 0 Å². The summed E-state index contributed by atoms with van der Waals surface area (Å²) in [5.74, 6) is -0.0128. The number of rotatable bonds is 8. The van der Waals surface area contributed by atoms with E-state index in [9.17, 15) is 19.2 Å². The lowest BCUT2D eigenvalue weighted by Gasteiger charge is -2.19. The molecule has 0 aliphatic carbocycles. The molecule has 0 saturated carbocycles. The molecule has 0 bridgehead atoms. The van der Waals surface area contributed by atoms with Crippen molar-refractivity contribution in [3.05, 3.63) is 33.9 Å². The van der Waals surface area contributed by atoms with Crippen LogP contribution in [0.2, 0.25) is 0 Å². The maximum absolute atomic E-state index is 11.7. The summed E-state index contributed by atoms with van der Waals surface area (Å²) in [6, 6.07) is 1.85. The number of carbonyl (C=O) groups excluding carboxylic acids is 4. The highest BCUT2D eigenvalue weighted by Crippen LogP contribution is 2.26. The van der Waals surface area contributed by atoms with Gasteiger partial charge in [0.15, 0.2) is 0 Å². The Morgan fingerprint density at radius 1 is 0.652 bits per heavy atom. The zero-order valence-corrected chi connectivity index (χ0v) is 14.5. The molecule has 0 unspecified atom stereocenters. The molecule has 0 aromatic heterocycles. The van der Waals surface area contributed by atoms with Gasteiger partial charge in [-0.2, -0.15) is 0 Å². The smallest absolute Gasteiger partial charge is 0.134 e. The van der Waals surface area contributed by atoms with Crippen molar-refractivity contribution >= 4 is 23.1 Å². The molecule has 0 heterocycles. The summed E-state index contributed by atoms with van der Waals surface area (Å²) >= 11 is 0. The monoisotopic (exact) mass is 316 g/mol. The van der Waals surface area contributed by atoms with Crippen molar-refractivity contribution in [1.82, 2.24) is 0 Å². The van der Waals surface area contributed by atoms with Crippen LogP contribution in [-0.4, -0.2) is 23.1 Å². The maximum Gasteiger partial charge on any atom is 0.134 e. The minimum Gasteiger partial charge on any atom is -0.300 e. The highest BCUT2D eigenvalue weighted by atomic mass is 16.1. The molecule has 0 saturated heterocycles. The molecule has 23 heavy (non-hydrogen) atoms. The fourth-order valence-electron chi connectivity index (χ4n) is 2.85. The molecule has 1 rings (SSSR count). The molecule has 0 spiro atoms. The SMILES string of the molecule is CC(=O)Cc1cc(CC(C)=O)c(CC(C)=O)c(CC(C)=O)c1C. The van der Waals surface area contributed by atoms with Gasteiger partial charge < -0.3 is 0 Å². The first-order chi connectivity index (χ1) is 10.6. The molecule has 124 valence electrons. The Kier molecular flexibility index (Phi) is 6.55. The van der Waals surface area contributed by atoms with Crippen LogP contribution in [0.5, 0.6) is 0 Å². The summed E-state index contributed by atoms with van der Waals surface area (Å²) in [5.41, 5.74) is 4.03. The quantitative estimate of drug-likeness (QED) is 0.739. The van der Waals surface area contributed by atoms with Gasteiger partial charge in [0.25, 0.3) is 0 Å². The van der Waals surface area contributed by atoms with Crippen molar-refractivity contribution in [1.29, 1.82) is 0 Å². The Hall–Kier alpha value is -2.10. The van der Waals surface area contributed by atoms with Crippen LogP contribution < -0.4 is 0 Å². The number of carbonyl (C=O) groups is 4. The zero-order chi connectivity index (χ0) is 17.7. The van der Waals surface area contributed by atoms with E-state index in [1.165, 1.54) is 27.7 Å². The van der Waals surface area contributed by atoms with Gasteiger partial charge in [-0.1, -0.05) is 6.07 Å². The van der Waals surface area contributed by atoms with Gasteiger partial charge in [0.05, 0.1) is 0 Å². The largest absolute Gasteiger partial charge is 0.300 e. The molecule has 0 radical (unpaired) electrons. The average Bonchev–Trinajstić information content (AvgIpc) is 2.37. The summed E-state index contributed by atoms with van der Waals surface area (Å²) in [4.78, 5) is 46.4. The molecular weight excluding hydrogens is 292 g/mol. The predicted molar refractivity (Wildman–Crippen MR) is 88.7 cm³/mol. The van der Waals surface area contributed by atoms with Gasteiger partial charge in [0, 0.05) is 25.7 Å². The standard InChI is InChI=1S/C19H24O4/c1-11(20)6-16-10-17(7-12(2)21)19(9-14(4)23)18(15(16)5)8-13(3)22/h10H,6-9H2,1-5H3. The van der Waals surface area contributed by atoms with Crippen LogP contribution >= 0.6 is 0 Å². The summed E-state index contributed by atoms with van der Waals surface area (Å²) in [7, 11) is 0. The highest BCUT2D eigenvalue weighted by molar-refractivity contribution is 5.85. The maximum atomic E-state index is 11.7. The lowest BCUT2D eigenvalue weighted by Crippen LogP contribution is -2.15. The van der Waals surface area contributed by atoms with Crippen LogP contribution in [0.1, 0.15) is 55.5 Å². The van der Waals surface area contributed by atoms with Crippen molar-refractivity contribution in [3.63, 3.8) is 0 Å². The Morgan fingerprint density at radius 2 is 1.04 bits per heavy atom. The first-order valence-electron chi connectivity index (χ1n) is 7.72. The average molecular weight is 316 g/mol. The number of hydrogen-bond donors (Lipinski definition) is 0. The van der Waals surface area contributed by atoms with Gasteiger partial charge in [-0.15, -0.1) is 0 Å². The van der Waals surface area contributed by atoms with E-state index in [4.69, 9.17) is 0 Å². The minimum absolute atomic E-state index is 0.00773. The molecule has 1 aromatic rings. The van der Waals surface area contributed by atoms with Gasteiger partial charge in [-0.25, -0.2) is 0 Å². The normalized spacial score (nSPS) is 10.5.